The summed E-state index contributed by atoms with van der Waals surface area (Å²) in [5.74, 6) is 1.20. The van der Waals surface area contributed by atoms with Gasteiger partial charge < -0.3 is 4.57 Å². The predicted molar refractivity (Wildman–Crippen MR) is 55.7 cm³/mol. The van der Waals surface area contributed by atoms with Crippen LogP contribution in [0.25, 0.3) is 0 Å². The van der Waals surface area contributed by atoms with Gasteiger partial charge in [-0.05, 0) is 11.8 Å². The smallest absolute Gasteiger partial charge is 0.109 e. The van der Waals surface area contributed by atoms with Crippen LogP contribution in [0, 0.1) is 5.41 Å². The molecule has 13 heavy (non-hydrogen) atoms. The number of aromatic nitrogens is 2. The SMILES string of the molecule is CCc1cnc(CC(C)(C)C)n1C. The van der Waals surface area contributed by atoms with Gasteiger partial charge in [-0.25, -0.2) is 4.98 Å². The second-order valence-corrected chi connectivity index (χ2v) is 4.82. The zero-order valence-electron chi connectivity index (χ0n) is 9.39. The molecule has 0 unspecified atom stereocenters. The van der Waals surface area contributed by atoms with Crippen LogP contribution in [0.3, 0.4) is 0 Å². The molecule has 1 heterocycles. The van der Waals surface area contributed by atoms with Crippen molar-refractivity contribution in [1.82, 2.24) is 9.55 Å². The van der Waals surface area contributed by atoms with E-state index in [-0.39, 0.29) is 0 Å². The Bertz CT molecular complexity index is 279. The Labute approximate surface area is 81.0 Å². The lowest BCUT2D eigenvalue weighted by molar-refractivity contribution is 0.395. The first-order chi connectivity index (χ1) is 5.94. The van der Waals surface area contributed by atoms with Crippen LogP contribution in [0.5, 0.6) is 0 Å². The third-order valence-corrected chi connectivity index (χ3v) is 2.23. The van der Waals surface area contributed by atoms with E-state index < -0.39 is 0 Å². The number of nitrogens with zero attached hydrogens (tertiary/aromatic N) is 2. The molecule has 2 nitrogen and oxygen atoms in total. The molecule has 0 fully saturated rings. The molecular formula is C11H20N2. The van der Waals surface area contributed by atoms with Crippen LogP contribution in [-0.2, 0) is 19.9 Å². The average molecular weight is 180 g/mol. The maximum Gasteiger partial charge on any atom is 0.109 e. The van der Waals surface area contributed by atoms with E-state index in [2.05, 4.69) is 44.3 Å². The van der Waals surface area contributed by atoms with E-state index in [0.29, 0.717) is 5.41 Å². The van der Waals surface area contributed by atoms with Gasteiger partial charge in [0, 0.05) is 25.4 Å². The van der Waals surface area contributed by atoms with Crippen LogP contribution in [-0.4, -0.2) is 9.55 Å². The lowest BCUT2D eigenvalue weighted by atomic mass is 9.92. The van der Waals surface area contributed by atoms with Crippen molar-refractivity contribution >= 4 is 0 Å². The highest BCUT2D eigenvalue weighted by atomic mass is 15.1. The summed E-state index contributed by atoms with van der Waals surface area (Å²) in [5.41, 5.74) is 1.64. The predicted octanol–water partition coefficient (Wildman–Crippen LogP) is 2.57. The van der Waals surface area contributed by atoms with E-state index >= 15 is 0 Å². The van der Waals surface area contributed by atoms with Crippen molar-refractivity contribution in [3.63, 3.8) is 0 Å². The maximum atomic E-state index is 4.43. The summed E-state index contributed by atoms with van der Waals surface area (Å²) >= 11 is 0. The first-order valence-electron chi connectivity index (χ1n) is 4.93. The summed E-state index contributed by atoms with van der Waals surface area (Å²) in [4.78, 5) is 4.43. The van der Waals surface area contributed by atoms with Crippen LogP contribution in [0.1, 0.15) is 39.2 Å². The number of hydrogen-bond acceptors (Lipinski definition) is 1. The van der Waals surface area contributed by atoms with Crippen molar-refractivity contribution < 1.29 is 0 Å². The van der Waals surface area contributed by atoms with Crippen molar-refractivity contribution in [2.75, 3.05) is 0 Å². The molecule has 1 aromatic heterocycles. The van der Waals surface area contributed by atoms with Gasteiger partial charge in [0.15, 0.2) is 0 Å². The molecule has 0 aliphatic carbocycles. The van der Waals surface area contributed by atoms with E-state index in [1.165, 1.54) is 11.5 Å². The fourth-order valence-electron chi connectivity index (χ4n) is 1.46. The van der Waals surface area contributed by atoms with Crippen molar-refractivity contribution in [3.8, 4) is 0 Å². The second-order valence-electron chi connectivity index (χ2n) is 4.82. The van der Waals surface area contributed by atoms with E-state index in [0.717, 1.165) is 12.8 Å². The van der Waals surface area contributed by atoms with E-state index in [4.69, 9.17) is 0 Å². The standard InChI is InChI=1S/C11H20N2/c1-6-9-8-12-10(13(9)5)7-11(2,3)4/h8H,6-7H2,1-5H3. The van der Waals surface area contributed by atoms with Crippen LogP contribution in [0.15, 0.2) is 6.20 Å². The van der Waals surface area contributed by atoms with Gasteiger partial charge in [0.25, 0.3) is 0 Å². The Morgan fingerprint density at radius 1 is 1.38 bits per heavy atom. The van der Waals surface area contributed by atoms with E-state index in [9.17, 15) is 0 Å². The highest BCUT2D eigenvalue weighted by Gasteiger charge is 2.15. The summed E-state index contributed by atoms with van der Waals surface area (Å²) < 4.78 is 2.21. The molecule has 0 aliphatic heterocycles. The second kappa shape index (κ2) is 3.52. The highest BCUT2D eigenvalue weighted by molar-refractivity contribution is 5.05. The highest BCUT2D eigenvalue weighted by Crippen LogP contribution is 2.19. The molecular weight excluding hydrogens is 160 g/mol. The molecule has 0 amide bonds. The number of imidazole rings is 1. The van der Waals surface area contributed by atoms with E-state index in [1.807, 2.05) is 6.20 Å². The monoisotopic (exact) mass is 180 g/mol. The molecule has 0 saturated carbocycles. The fraction of sp³-hybridized carbons (Fsp3) is 0.727. The zero-order chi connectivity index (χ0) is 10.1. The Balaban J connectivity index is 2.84. The van der Waals surface area contributed by atoms with Gasteiger partial charge in [-0.15, -0.1) is 0 Å². The van der Waals surface area contributed by atoms with E-state index in [1.54, 1.807) is 0 Å². The summed E-state index contributed by atoms with van der Waals surface area (Å²) in [5, 5.41) is 0. The molecule has 1 rings (SSSR count). The third kappa shape index (κ3) is 2.58. The Morgan fingerprint density at radius 2 is 2.00 bits per heavy atom. The van der Waals surface area contributed by atoms with Gasteiger partial charge in [-0.3, -0.25) is 0 Å². The van der Waals surface area contributed by atoms with Gasteiger partial charge in [-0.1, -0.05) is 27.7 Å². The maximum absolute atomic E-state index is 4.43. The molecule has 0 atom stereocenters. The van der Waals surface area contributed by atoms with Crippen LogP contribution in [0.4, 0.5) is 0 Å². The third-order valence-electron chi connectivity index (χ3n) is 2.23. The van der Waals surface area contributed by atoms with Gasteiger partial charge in [0.05, 0.1) is 0 Å². The topological polar surface area (TPSA) is 17.8 Å². The number of aryl methyl sites for hydroxylation is 1. The minimum absolute atomic E-state index is 0.324. The lowest BCUT2D eigenvalue weighted by Crippen LogP contribution is -2.13. The van der Waals surface area contributed by atoms with Crippen molar-refractivity contribution in [3.05, 3.63) is 17.7 Å². The summed E-state index contributed by atoms with van der Waals surface area (Å²) in [6, 6.07) is 0. The molecule has 1 aromatic rings. The molecule has 74 valence electrons. The zero-order valence-corrected chi connectivity index (χ0v) is 9.39. The molecule has 2 heteroatoms. The summed E-state index contributed by atoms with van der Waals surface area (Å²) in [6.07, 6.45) is 4.10. The molecule has 0 N–H and O–H groups in total. The molecule has 0 aromatic carbocycles. The summed E-state index contributed by atoms with van der Waals surface area (Å²) in [7, 11) is 2.10. The molecule has 0 aliphatic rings. The van der Waals surface area contributed by atoms with Crippen LogP contribution >= 0.6 is 0 Å². The summed E-state index contributed by atoms with van der Waals surface area (Å²) in [6.45, 7) is 8.89. The minimum atomic E-state index is 0.324. The fourth-order valence-corrected chi connectivity index (χ4v) is 1.46. The Kier molecular flexibility index (Phi) is 2.79. The van der Waals surface area contributed by atoms with Crippen molar-refractivity contribution in [1.29, 1.82) is 0 Å². The van der Waals surface area contributed by atoms with Crippen LogP contribution < -0.4 is 0 Å². The van der Waals surface area contributed by atoms with Gasteiger partial charge >= 0.3 is 0 Å². The number of hydrogen-bond donors (Lipinski definition) is 0. The Hall–Kier alpha value is -0.790. The quantitative estimate of drug-likeness (QED) is 0.684. The Morgan fingerprint density at radius 3 is 2.38 bits per heavy atom. The molecule has 0 saturated heterocycles. The van der Waals surface area contributed by atoms with Crippen molar-refractivity contribution in [2.45, 2.75) is 40.5 Å². The number of rotatable bonds is 2. The largest absolute Gasteiger partial charge is 0.335 e. The van der Waals surface area contributed by atoms with Gasteiger partial charge in [-0.2, -0.15) is 0 Å². The van der Waals surface area contributed by atoms with Gasteiger partial charge in [0.2, 0.25) is 0 Å². The minimum Gasteiger partial charge on any atom is -0.335 e. The molecule has 0 radical (unpaired) electrons. The molecule has 0 spiro atoms. The lowest BCUT2D eigenvalue weighted by Gasteiger charge is -2.17. The van der Waals surface area contributed by atoms with Crippen LogP contribution in [0.2, 0.25) is 0 Å². The first-order valence-corrected chi connectivity index (χ1v) is 4.93. The van der Waals surface area contributed by atoms with Gasteiger partial charge in [0.1, 0.15) is 5.82 Å². The average Bonchev–Trinajstić information content (AvgIpc) is 2.30. The normalized spacial score (nSPS) is 12.1. The first kappa shape index (κ1) is 10.3. The van der Waals surface area contributed by atoms with Crippen molar-refractivity contribution in [2.24, 2.45) is 12.5 Å². The molecule has 0 bridgehead atoms.